The van der Waals surface area contributed by atoms with Gasteiger partial charge in [0.2, 0.25) is 0 Å². The predicted octanol–water partition coefficient (Wildman–Crippen LogP) is 7.01. The molecule has 2 amide bonds. The molecule has 5 aromatic rings. The highest BCUT2D eigenvalue weighted by Gasteiger charge is 2.14. The van der Waals surface area contributed by atoms with Gasteiger partial charge in [0.15, 0.2) is 11.6 Å². The van der Waals surface area contributed by atoms with Crippen LogP contribution < -0.4 is 20.7 Å². The van der Waals surface area contributed by atoms with Gasteiger partial charge in [0, 0.05) is 61.0 Å². The molecule has 0 aliphatic carbocycles. The van der Waals surface area contributed by atoms with Gasteiger partial charge in [-0.15, -0.1) is 24.0 Å². The number of carbonyl (C=O) groups excluding carboxylic acids is 1. The minimum Gasteiger partial charge on any atom is -0.453 e. The smallest absolute Gasteiger partial charge is 0.323 e. The third-order valence-electron chi connectivity index (χ3n) is 6.89. The molecule has 0 saturated heterocycles. The molecule has 5 rings (SSSR count). The highest BCUT2D eigenvalue weighted by molar-refractivity contribution is 7.80. The van der Waals surface area contributed by atoms with E-state index in [0.717, 1.165) is 20.8 Å². The Bertz CT molecular complexity index is 1790. The van der Waals surface area contributed by atoms with E-state index in [9.17, 15) is 4.79 Å². The van der Waals surface area contributed by atoms with Crippen molar-refractivity contribution in [2.45, 2.75) is 11.4 Å². The first kappa shape index (κ1) is 36.1. The molecule has 0 aliphatic heterocycles. The summed E-state index contributed by atoms with van der Waals surface area (Å²) in [5.74, 6) is -0.143. The number of nitrogens with zero attached hydrogens (tertiary/aromatic N) is 2. The molecule has 0 saturated carbocycles. The molecular weight excluding hydrogens is 670 g/mol. The van der Waals surface area contributed by atoms with E-state index in [4.69, 9.17) is 23.7 Å². The maximum absolute atomic E-state index is 15.1. The van der Waals surface area contributed by atoms with Crippen LogP contribution in [-0.2, 0) is 25.5 Å². The van der Waals surface area contributed by atoms with E-state index in [1.165, 1.54) is 23.5 Å². The number of anilines is 2. The topological polar surface area (TPSA) is 125 Å². The number of nitrogens with one attached hydrogen (secondary N) is 3. The van der Waals surface area contributed by atoms with E-state index in [-0.39, 0.29) is 11.4 Å². The van der Waals surface area contributed by atoms with Gasteiger partial charge in [-0.1, -0.05) is 12.1 Å². The summed E-state index contributed by atoms with van der Waals surface area (Å²) in [7, 11) is 1.64. The van der Waals surface area contributed by atoms with Crippen LogP contribution in [-0.4, -0.2) is 75.9 Å². The van der Waals surface area contributed by atoms with E-state index in [1.54, 1.807) is 49.7 Å². The molecule has 0 atom stereocenters. The molecule has 49 heavy (non-hydrogen) atoms. The Morgan fingerprint density at radius 2 is 1.59 bits per heavy atom. The van der Waals surface area contributed by atoms with Crippen molar-refractivity contribution < 1.29 is 32.9 Å². The average molecular weight is 708 g/mol. The summed E-state index contributed by atoms with van der Waals surface area (Å²) in [5.41, 5.74) is 3.40. The Labute approximate surface area is 293 Å². The lowest BCUT2D eigenvalue weighted by atomic mass is 10.2. The molecule has 0 unspecified atom stereocenters. The Morgan fingerprint density at radius 1 is 0.837 bits per heavy atom. The van der Waals surface area contributed by atoms with Gasteiger partial charge in [0.1, 0.15) is 5.75 Å². The summed E-state index contributed by atoms with van der Waals surface area (Å²) in [6.07, 6.45) is 3.45. The number of aromatic nitrogens is 2. The number of pyridine rings is 2. The van der Waals surface area contributed by atoms with Crippen LogP contribution in [0, 0.1) is 5.82 Å². The number of fused-ring (bicyclic) bond motifs is 1. The van der Waals surface area contributed by atoms with Gasteiger partial charge in [-0.25, -0.2) is 9.18 Å². The van der Waals surface area contributed by atoms with Crippen LogP contribution in [0.25, 0.3) is 20.8 Å². The summed E-state index contributed by atoms with van der Waals surface area (Å²) in [5, 5.41) is 8.67. The van der Waals surface area contributed by atoms with Crippen LogP contribution in [0.5, 0.6) is 11.5 Å². The molecule has 0 aliphatic rings. The number of ether oxygens (including phenoxy) is 5. The number of hydrogen-bond donors (Lipinski definition) is 4. The van der Waals surface area contributed by atoms with E-state index < -0.39 is 11.8 Å². The quantitative estimate of drug-likeness (QED) is 0.0530. The number of hydrogen-bond acceptors (Lipinski definition) is 11. The van der Waals surface area contributed by atoms with Crippen LogP contribution in [0.15, 0.2) is 84.0 Å². The lowest BCUT2D eigenvalue weighted by Gasteiger charge is -2.11. The van der Waals surface area contributed by atoms with Crippen molar-refractivity contribution in [2.75, 3.05) is 70.5 Å². The number of carbonyl (C=O) groups is 1. The largest absolute Gasteiger partial charge is 0.453 e. The molecule has 3 heterocycles. The van der Waals surface area contributed by atoms with Gasteiger partial charge >= 0.3 is 6.03 Å². The predicted molar refractivity (Wildman–Crippen MR) is 192 cm³/mol. The van der Waals surface area contributed by atoms with Crippen molar-refractivity contribution in [3.05, 3.63) is 90.5 Å². The van der Waals surface area contributed by atoms with Gasteiger partial charge < -0.3 is 39.6 Å². The Balaban J connectivity index is 1.08. The standard InChI is InChI=1S/C35H38FN5O6S2/c1-43-13-14-45-17-18-46-16-15-44-12-11-37-22-24-5-7-29(39-23-24)33-21-30-34(49-33)32(9-10-38-30)47-31-8-6-26(20-28(31)36)41-35(42)40-25-3-2-4-27(48)19-25/h2-10,19-21,23,37,48H,11-18,22H2,1H3,(H2,40,41,42). The highest BCUT2D eigenvalue weighted by Crippen LogP contribution is 2.39. The minimum absolute atomic E-state index is 0.0180. The lowest BCUT2D eigenvalue weighted by Crippen LogP contribution is -2.20. The van der Waals surface area contributed by atoms with Crippen LogP contribution in [0.1, 0.15) is 5.56 Å². The van der Waals surface area contributed by atoms with Crippen LogP contribution in [0.2, 0.25) is 0 Å². The van der Waals surface area contributed by atoms with Crippen molar-refractivity contribution in [3.63, 3.8) is 0 Å². The first-order chi connectivity index (χ1) is 24.0. The maximum atomic E-state index is 15.1. The number of thiophene rings is 1. The summed E-state index contributed by atoms with van der Waals surface area (Å²) < 4.78 is 43.1. The first-order valence-electron chi connectivity index (χ1n) is 15.6. The van der Waals surface area contributed by atoms with Crippen molar-refractivity contribution in [1.82, 2.24) is 15.3 Å². The van der Waals surface area contributed by atoms with Crippen molar-refractivity contribution in [1.29, 1.82) is 0 Å². The van der Waals surface area contributed by atoms with E-state index in [2.05, 4.69) is 38.5 Å². The normalized spacial score (nSPS) is 11.2. The number of methoxy groups -OCH3 is 1. The van der Waals surface area contributed by atoms with Gasteiger partial charge in [-0.3, -0.25) is 9.97 Å². The Hall–Kier alpha value is -4.15. The molecule has 258 valence electrons. The molecule has 0 spiro atoms. The monoisotopic (exact) mass is 707 g/mol. The van der Waals surface area contributed by atoms with Crippen molar-refractivity contribution >= 4 is 51.6 Å². The molecule has 0 bridgehead atoms. The molecule has 0 radical (unpaired) electrons. The number of benzene rings is 2. The third-order valence-corrected chi connectivity index (χ3v) is 8.33. The second-order valence-electron chi connectivity index (χ2n) is 10.6. The molecule has 14 heteroatoms. The molecule has 2 aromatic carbocycles. The number of urea groups is 1. The zero-order chi connectivity index (χ0) is 34.3. The molecule has 11 nitrogen and oxygen atoms in total. The lowest BCUT2D eigenvalue weighted by molar-refractivity contribution is 0.00408. The molecule has 3 aromatic heterocycles. The zero-order valence-electron chi connectivity index (χ0n) is 26.9. The SMILES string of the molecule is COCCOCCOCCOCCNCc1ccc(-c2cc3nccc(Oc4ccc(NC(=O)Nc5cccc(S)c5)cc4F)c3s2)nc1. The fourth-order valence-electron chi connectivity index (χ4n) is 4.51. The molecular formula is C35H38FN5O6S2. The number of rotatable bonds is 19. The van der Waals surface area contributed by atoms with Crippen LogP contribution in [0.3, 0.4) is 0 Å². The average Bonchev–Trinajstić information content (AvgIpc) is 3.54. The third kappa shape index (κ3) is 11.5. The van der Waals surface area contributed by atoms with Gasteiger partial charge in [-0.2, -0.15) is 0 Å². The first-order valence-corrected chi connectivity index (χ1v) is 16.9. The van der Waals surface area contributed by atoms with E-state index in [1.807, 2.05) is 24.4 Å². The summed E-state index contributed by atoms with van der Waals surface area (Å²) >= 11 is 5.73. The van der Waals surface area contributed by atoms with Gasteiger partial charge in [-0.05, 0) is 48.0 Å². The van der Waals surface area contributed by atoms with Crippen molar-refractivity contribution in [2.24, 2.45) is 0 Å². The fraction of sp³-hybridized carbons (Fsp3) is 0.286. The zero-order valence-corrected chi connectivity index (χ0v) is 28.7. The van der Waals surface area contributed by atoms with Gasteiger partial charge in [0.05, 0.1) is 67.0 Å². The van der Waals surface area contributed by atoms with E-state index in [0.29, 0.717) is 81.2 Å². The Kier molecular flexibility index (Phi) is 14.1. The van der Waals surface area contributed by atoms with Gasteiger partial charge in [0.25, 0.3) is 0 Å². The van der Waals surface area contributed by atoms with E-state index >= 15 is 4.39 Å². The van der Waals surface area contributed by atoms with Crippen LogP contribution >= 0.6 is 24.0 Å². The molecule has 0 fully saturated rings. The number of amides is 2. The summed E-state index contributed by atoms with van der Waals surface area (Å²) in [6.45, 7) is 5.21. The summed E-state index contributed by atoms with van der Waals surface area (Å²) in [6, 6.07) is 18.4. The van der Waals surface area contributed by atoms with Crippen molar-refractivity contribution in [3.8, 4) is 22.1 Å². The number of halogens is 1. The molecule has 3 N–H and O–H groups in total. The maximum Gasteiger partial charge on any atom is 0.323 e. The highest BCUT2D eigenvalue weighted by atomic mass is 32.1. The fourth-order valence-corrected chi connectivity index (χ4v) is 5.78. The summed E-state index contributed by atoms with van der Waals surface area (Å²) in [4.78, 5) is 23.1. The minimum atomic E-state index is -0.626. The number of thiol groups is 1. The second-order valence-corrected chi connectivity index (χ2v) is 12.1. The Morgan fingerprint density at radius 3 is 2.31 bits per heavy atom. The van der Waals surface area contributed by atoms with Crippen LogP contribution in [0.4, 0.5) is 20.6 Å². The second kappa shape index (κ2) is 19.1.